The molecule has 0 unspecified atom stereocenters. The van der Waals surface area contributed by atoms with E-state index in [1.807, 2.05) is 16.9 Å². The smallest absolute Gasteiger partial charge is 0.475 e. The number of rotatable bonds is 6. The zero-order valence-electron chi connectivity index (χ0n) is 25.5. The van der Waals surface area contributed by atoms with Crippen molar-refractivity contribution in [2.45, 2.75) is 68.1 Å². The summed E-state index contributed by atoms with van der Waals surface area (Å²) in [4.78, 5) is 41.1. The standard InChI is InChI=1S/C22H28ClN9S.2C2HF3O2/c1-6-15-18(23)17-19(25-15)26-22(27-21(17)31-8-7-13(11-31)30(4)5)33-14-9-16-20(24-10-14)32(12(2)3)29-28-16;2*3-2(4,5)1(6)7/h9-10,12-13H,6-8,11H2,1-5H3,(H,25,26,27);2*(H,6,7)/t13-;;/m1../s1. The van der Waals surface area contributed by atoms with E-state index in [0.717, 1.165) is 69.6 Å². The number of H-pyrrole nitrogens is 1. The number of likely N-dealkylation sites (N-methyl/N-ethyl adjacent to an activating group) is 1. The van der Waals surface area contributed by atoms with Crippen molar-refractivity contribution in [2.24, 2.45) is 0 Å². The number of carboxylic acids is 2. The van der Waals surface area contributed by atoms with Crippen molar-refractivity contribution in [3.63, 3.8) is 0 Å². The number of fused-ring (bicyclic) bond motifs is 2. The summed E-state index contributed by atoms with van der Waals surface area (Å²) in [6, 6.07) is 2.68. The van der Waals surface area contributed by atoms with E-state index in [4.69, 9.17) is 41.4 Å². The fourth-order valence-electron chi connectivity index (χ4n) is 4.27. The number of alkyl halides is 6. The van der Waals surface area contributed by atoms with Crippen LogP contribution in [0.3, 0.4) is 0 Å². The maximum Gasteiger partial charge on any atom is 0.490 e. The number of hydrogen-bond acceptors (Lipinski definition) is 10. The van der Waals surface area contributed by atoms with Crippen LogP contribution >= 0.6 is 23.4 Å². The van der Waals surface area contributed by atoms with E-state index < -0.39 is 24.3 Å². The quantitative estimate of drug-likeness (QED) is 0.171. The summed E-state index contributed by atoms with van der Waals surface area (Å²) >= 11 is 8.24. The lowest BCUT2D eigenvalue weighted by Gasteiger charge is -2.22. The number of carbonyl (C=O) groups is 2. The molecular formula is C26H30ClF6N9O4S. The van der Waals surface area contributed by atoms with Crippen molar-refractivity contribution in [2.75, 3.05) is 32.1 Å². The Labute approximate surface area is 272 Å². The third-order valence-electron chi connectivity index (χ3n) is 6.64. The second-order valence-corrected chi connectivity index (χ2v) is 11.9. The molecule has 1 aliphatic rings. The van der Waals surface area contributed by atoms with E-state index in [0.29, 0.717) is 11.2 Å². The Hall–Kier alpha value is -3.91. The summed E-state index contributed by atoms with van der Waals surface area (Å²) in [5.74, 6) is -4.62. The van der Waals surface area contributed by atoms with Gasteiger partial charge in [0, 0.05) is 35.9 Å². The number of aromatic amines is 1. The minimum absolute atomic E-state index is 0.200. The summed E-state index contributed by atoms with van der Waals surface area (Å²) in [7, 11) is 4.25. The van der Waals surface area contributed by atoms with Gasteiger partial charge in [-0.2, -0.15) is 26.3 Å². The number of hydrogen-bond donors (Lipinski definition) is 3. The Morgan fingerprint density at radius 2 is 1.72 bits per heavy atom. The van der Waals surface area contributed by atoms with Gasteiger partial charge in [-0.3, -0.25) is 0 Å². The number of aryl methyl sites for hydroxylation is 1. The molecule has 0 aromatic carbocycles. The molecule has 5 rings (SSSR count). The first-order valence-corrected chi connectivity index (χ1v) is 14.9. The number of aromatic nitrogens is 7. The Morgan fingerprint density at radius 1 is 1.13 bits per heavy atom. The van der Waals surface area contributed by atoms with Gasteiger partial charge in [-0.05, 0) is 58.6 Å². The fraction of sp³-hybridized carbons (Fsp3) is 0.500. The second-order valence-electron chi connectivity index (χ2n) is 10.5. The normalized spacial score (nSPS) is 15.2. The lowest BCUT2D eigenvalue weighted by atomic mass is 10.2. The molecule has 0 aliphatic carbocycles. The summed E-state index contributed by atoms with van der Waals surface area (Å²) < 4.78 is 65.3. The van der Waals surface area contributed by atoms with Crippen LogP contribution in [0.25, 0.3) is 22.2 Å². The molecule has 1 saturated heterocycles. The van der Waals surface area contributed by atoms with Gasteiger partial charge in [-0.25, -0.2) is 29.2 Å². The molecule has 3 N–H and O–H groups in total. The number of nitrogens with one attached hydrogen (secondary N) is 1. The predicted octanol–water partition coefficient (Wildman–Crippen LogP) is 5.45. The highest BCUT2D eigenvalue weighted by atomic mass is 35.5. The summed E-state index contributed by atoms with van der Waals surface area (Å²) in [6.07, 6.45) is -6.43. The Morgan fingerprint density at radius 3 is 2.21 bits per heavy atom. The van der Waals surface area contributed by atoms with E-state index in [1.165, 1.54) is 11.8 Å². The van der Waals surface area contributed by atoms with Crippen molar-refractivity contribution >= 4 is 63.3 Å². The molecule has 47 heavy (non-hydrogen) atoms. The highest BCUT2D eigenvalue weighted by Crippen LogP contribution is 2.38. The molecule has 4 aromatic rings. The maximum atomic E-state index is 10.6. The van der Waals surface area contributed by atoms with E-state index in [9.17, 15) is 26.3 Å². The third kappa shape index (κ3) is 9.34. The summed E-state index contributed by atoms with van der Waals surface area (Å²) in [5.41, 5.74) is 3.31. The molecule has 0 saturated carbocycles. The molecule has 1 fully saturated rings. The fourth-order valence-corrected chi connectivity index (χ4v) is 5.38. The van der Waals surface area contributed by atoms with Gasteiger partial charge in [0.05, 0.1) is 16.5 Å². The molecule has 258 valence electrons. The first-order chi connectivity index (χ1) is 21.7. The highest BCUT2D eigenvalue weighted by molar-refractivity contribution is 7.99. The first-order valence-electron chi connectivity index (χ1n) is 13.7. The Kier molecular flexibility index (Phi) is 11.9. The van der Waals surface area contributed by atoms with Gasteiger partial charge in [-0.1, -0.05) is 23.7 Å². The van der Waals surface area contributed by atoms with Crippen LogP contribution < -0.4 is 4.90 Å². The monoisotopic (exact) mass is 713 g/mol. The van der Waals surface area contributed by atoms with Crippen LogP contribution in [0.4, 0.5) is 32.2 Å². The van der Waals surface area contributed by atoms with Crippen molar-refractivity contribution in [3.8, 4) is 0 Å². The molecule has 0 spiro atoms. The molecule has 21 heteroatoms. The lowest BCUT2D eigenvalue weighted by molar-refractivity contribution is -0.193. The van der Waals surface area contributed by atoms with Crippen molar-refractivity contribution < 1.29 is 46.1 Å². The second kappa shape index (κ2) is 14.9. The predicted molar refractivity (Wildman–Crippen MR) is 160 cm³/mol. The molecule has 1 atom stereocenters. The van der Waals surface area contributed by atoms with Crippen LogP contribution in [0.1, 0.15) is 38.9 Å². The van der Waals surface area contributed by atoms with Crippen molar-refractivity contribution in [1.82, 2.24) is 39.8 Å². The van der Waals surface area contributed by atoms with Crippen molar-refractivity contribution in [3.05, 3.63) is 23.0 Å². The van der Waals surface area contributed by atoms with Gasteiger partial charge in [0.15, 0.2) is 10.8 Å². The van der Waals surface area contributed by atoms with E-state index >= 15 is 0 Å². The molecule has 13 nitrogen and oxygen atoms in total. The largest absolute Gasteiger partial charge is 0.490 e. The third-order valence-corrected chi connectivity index (χ3v) is 7.88. The van der Waals surface area contributed by atoms with Crippen LogP contribution in [-0.2, 0) is 16.0 Å². The van der Waals surface area contributed by atoms with E-state index in [2.05, 4.69) is 64.9 Å². The van der Waals surface area contributed by atoms with Crippen LogP contribution in [0.2, 0.25) is 5.02 Å². The number of aliphatic carboxylic acids is 2. The number of nitrogens with zero attached hydrogens (tertiary/aromatic N) is 8. The number of anilines is 1. The van der Waals surface area contributed by atoms with Gasteiger partial charge in [0.25, 0.3) is 0 Å². The summed E-state index contributed by atoms with van der Waals surface area (Å²) in [6.45, 7) is 8.07. The number of pyridine rings is 1. The molecule has 1 aliphatic heterocycles. The Bertz CT molecular complexity index is 1700. The van der Waals surface area contributed by atoms with Gasteiger partial charge in [0.1, 0.15) is 17.0 Å². The Balaban J connectivity index is 0.000000360. The van der Waals surface area contributed by atoms with Crippen LogP contribution in [-0.4, -0.2) is 108 Å². The molecule has 0 radical (unpaired) electrons. The topological polar surface area (TPSA) is 166 Å². The molecular weight excluding hydrogens is 684 g/mol. The van der Waals surface area contributed by atoms with Crippen LogP contribution in [0.15, 0.2) is 22.3 Å². The minimum Gasteiger partial charge on any atom is -0.475 e. The molecule has 0 amide bonds. The molecule has 0 bridgehead atoms. The summed E-state index contributed by atoms with van der Waals surface area (Å²) in [5, 5.41) is 25.0. The highest BCUT2D eigenvalue weighted by Gasteiger charge is 2.39. The van der Waals surface area contributed by atoms with Crippen LogP contribution in [0.5, 0.6) is 0 Å². The van der Waals surface area contributed by atoms with Gasteiger partial charge in [0.2, 0.25) is 0 Å². The van der Waals surface area contributed by atoms with Gasteiger partial charge >= 0.3 is 24.3 Å². The average Bonchev–Trinajstić information content (AvgIpc) is 3.69. The lowest BCUT2D eigenvalue weighted by Crippen LogP contribution is -2.31. The first kappa shape index (κ1) is 37.5. The zero-order valence-corrected chi connectivity index (χ0v) is 27.1. The zero-order chi connectivity index (χ0) is 35.4. The SMILES string of the molecule is CCc1[nH]c2nc(Sc3cnc4c(c3)nnn4C(C)C)nc(N3CC[C@@H](N(C)C)C3)c2c1Cl.O=C(O)C(F)(F)F.O=C(O)C(F)(F)F. The maximum absolute atomic E-state index is 10.6. The van der Waals surface area contributed by atoms with E-state index in [-0.39, 0.29) is 6.04 Å². The molecule has 4 aromatic heterocycles. The van der Waals surface area contributed by atoms with Gasteiger partial charge in [-0.15, -0.1) is 5.10 Å². The minimum atomic E-state index is -5.08. The molecule has 5 heterocycles. The average molecular weight is 714 g/mol. The van der Waals surface area contributed by atoms with Crippen LogP contribution in [0, 0.1) is 0 Å². The van der Waals surface area contributed by atoms with Crippen molar-refractivity contribution in [1.29, 1.82) is 0 Å². The van der Waals surface area contributed by atoms with Gasteiger partial charge < -0.3 is 25.0 Å². The number of halogens is 7. The number of carboxylic acid groups (broad SMARTS) is 2. The van der Waals surface area contributed by atoms with E-state index in [1.54, 1.807) is 0 Å².